The molecule has 0 fully saturated rings. The minimum atomic E-state index is -0.295. The summed E-state index contributed by atoms with van der Waals surface area (Å²) in [6.07, 6.45) is 0. The highest BCUT2D eigenvalue weighted by Gasteiger charge is 2.13. The van der Waals surface area contributed by atoms with Gasteiger partial charge >= 0.3 is 6.03 Å². The highest BCUT2D eigenvalue weighted by molar-refractivity contribution is 5.90. The first-order chi connectivity index (χ1) is 11.9. The van der Waals surface area contributed by atoms with Crippen LogP contribution in [0.5, 0.6) is 11.5 Å². The Morgan fingerprint density at radius 1 is 1.04 bits per heavy atom. The number of carbonyl (C=O) groups is 1. The number of rotatable bonds is 6. The zero-order valence-corrected chi connectivity index (χ0v) is 15.3. The quantitative estimate of drug-likeness (QED) is 0.774. The van der Waals surface area contributed by atoms with Crippen molar-refractivity contribution in [1.82, 2.24) is 5.32 Å². The van der Waals surface area contributed by atoms with Crippen molar-refractivity contribution in [2.45, 2.75) is 26.2 Å². The normalized spacial score (nSPS) is 10.9. The Kier molecular flexibility index (Phi) is 6.28. The van der Waals surface area contributed by atoms with Gasteiger partial charge in [0.15, 0.2) is 0 Å². The maximum absolute atomic E-state index is 11.9. The first-order valence-corrected chi connectivity index (χ1v) is 8.31. The van der Waals surface area contributed by atoms with Gasteiger partial charge in [-0.15, -0.1) is 0 Å². The van der Waals surface area contributed by atoms with Crippen molar-refractivity contribution in [1.29, 1.82) is 0 Å². The number of amides is 2. The molecule has 0 saturated heterocycles. The molecule has 0 saturated carbocycles. The Labute approximate surface area is 149 Å². The second-order valence-corrected chi connectivity index (χ2v) is 6.70. The number of benzene rings is 2. The first-order valence-electron chi connectivity index (χ1n) is 8.31. The summed E-state index contributed by atoms with van der Waals surface area (Å²) in [4.78, 5) is 11.9. The highest BCUT2D eigenvalue weighted by atomic mass is 16.5. The fourth-order valence-corrected chi connectivity index (χ4v) is 2.30. The van der Waals surface area contributed by atoms with Crippen LogP contribution in [-0.2, 0) is 5.41 Å². The molecule has 5 nitrogen and oxygen atoms in total. The molecule has 0 aliphatic carbocycles. The molecule has 0 bridgehead atoms. The van der Waals surface area contributed by atoms with E-state index in [2.05, 4.69) is 43.5 Å². The van der Waals surface area contributed by atoms with Crippen LogP contribution in [0.15, 0.2) is 48.5 Å². The van der Waals surface area contributed by atoms with Gasteiger partial charge in [0.25, 0.3) is 0 Å². The monoisotopic (exact) mass is 342 g/mol. The molecule has 0 aliphatic rings. The Balaban J connectivity index is 1.74. The van der Waals surface area contributed by atoms with E-state index in [9.17, 15) is 4.79 Å². The average molecular weight is 342 g/mol. The van der Waals surface area contributed by atoms with E-state index in [0.717, 1.165) is 5.75 Å². The molecule has 0 spiro atoms. The van der Waals surface area contributed by atoms with Crippen LogP contribution in [0.2, 0.25) is 0 Å². The predicted molar refractivity (Wildman–Crippen MR) is 101 cm³/mol. The lowest BCUT2D eigenvalue weighted by molar-refractivity contribution is 0.247. The van der Waals surface area contributed by atoms with E-state index in [1.54, 1.807) is 19.2 Å². The van der Waals surface area contributed by atoms with E-state index < -0.39 is 0 Å². The van der Waals surface area contributed by atoms with Crippen molar-refractivity contribution in [2.24, 2.45) is 0 Å². The van der Waals surface area contributed by atoms with Crippen LogP contribution in [0.3, 0.4) is 0 Å². The second-order valence-electron chi connectivity index (χ2n) is 6.70. The molecule has 25 heavy (non-hydrogen) atoms. The van der Waals surface area contributed by atoms with Crippen molar-refractivity contribution in [2.75, 3.05) is 25.6 Å². The molecular formula is C20H26N2O3. The summed E-state index contributed by atoms with van der Waals surface area (Å²) in [5.41, 5.74) is 2.01. The lowest BCUT2D eigenvalue weighted by Gasteiger charge is -2.19. The second kappa shape index (κ2) is 8.42. The van der Waals surface area contributed by atoms with Gasteiger partial charge in [-0.25, -0.2) is 4.79 Å². The van der Waals surface area contributed by atoms with Crippen LogP contribution in [0, 0.1) is 0 Å². The molecule has 0 aromatic heterocycles. The van der Waals surface area contributed by atoms with E-state index in [4.69, 9.17) is 9.47 Å². The molecule has 2 N–H and O–H groups in total. The molecular weight excluding hydrogens is 316 g/mol. The molecule has 2 rings (SSSR count). The van der Waals surface area contributed by atoms with Crippen molar-refractivity contribution in [3.8, 4) is 11.5 Å². The van der Waals surface area contributed by atoms with Crippen LogP contribution >= 0.6 is 0 Å². The third kappa shape index (κ3) is 5.71. The number of nitrogens with one attached hydrogen (secondary N) is 2. The smallest absolute Gasteiger partial charge is 0.319 e. The Hall–Kier alpha value is -2.69. The highest BCUT2D eigenvalue weighted by Crippen LogP contribution is 2.24. The number of hydrogen-bond acceptors (Lipinski definition) is 3. The van der Waals surface area contributed by atoms with Crippen molar-refractivity contribution in [3.63, 3.8) is 0 Å². The van der Waals surface area contributed by atoms with Gasteiger partial charge in [-0.2, -0.15) is 0 Å². The van der Waals surface area contributed by atoms with Crippen molar-refractivity contribution < 1.29 is 14.3 Å². The van der Waals surface area contributed by atoms with E-state index in [1.807, 2.05) is 24.3 Å². The third-order valence-electron chi connectivity index (χ3n) is 3.73. The minimum absolute atomic E-state index is 0.122. The molecule has 2 aromatic carbocycles. The van der Waals surface area contributed by atoms with Crippen LogP contribution in [0.1, 0.15) is 26.3 Å². The number of carbonyl (C=O) groups excluding carboxylic acids is 1. The van der Waals surface area contributed by atoms with Crippen LogP contribution < -0.4 is 20.1 Å². The summed E-state index contributed by atoms with van der Waals surface area (Å²) in [6, 6.07) is 15.0. The molecule has 5 heteroatoms. The van der Waals surface area contributed by atoms with E-state index in [-0.39, 0.29) is 11.4 Å². The number of methoxy groups -OCH3 is 1. The zero-order chi connectivity index (χ0) is 18.3. The molecule has 2 amide bonds. The summed E-state index contributed by atoms with van der Waals surface area (Å²) in [6.45, 7) is 7.32. The van der Waals surface area contributed by atoms with Gasteiger partial charge in [0.05, 0.1) is 19.3 Å². The number of urea groups is 1. The van der Waals surface area contributed by atoms with Crippen molar-refractivity contribution in [3.05, 3.63) is 54.1 Å². The predicted octanol–water partition coefficient (Wildman–Crippen LogP) is 4.19. The van der Waals surface area contributed by atoms with Gasteiger partial charge in [-0.05, 0) is 35.2 Å². The van der Waals surface area contributed by atoms with E-state index >= 15 is 0 Å². The topological polar surface area (TPSA) is 59.6 Å². The summed E-state index contributed by atoms with van der Waals surface area (Å²) in [5.74, 6) is 1.41. The van der Waals surface area contributed by atoms with Gasteiger partial charge < -0.3 is 20.1 Å². The summed E-state index contributed by atoms with van der Waals surface area (Å²) < 4.78 is 10.8. The molecule has 134 valence electrons. The van der Waals surface area contributed by atoms with E-state index in [1.165, 1.54) is 5.56 Å². The van der Waals surface area contributed by atoms with Gasteiger partial charge in [0, 0.05) is 0 Å². The lowest BCUT2D eigenvalue weighted by atomic mass is 9.87. The third-order valence-corrected chi connectivity index (χ3v) is 3.73. The first kappa shape index (κ1) is 18.6. The Morgan fingerprint density at radius 3 is 2.36 bits per heavy atom. The molecule has 0 heterocycles. The van der Waals surface area contributed by atoms with E-state index in [0.29, 0.717) is 24.6 Å². The lowest BCUT2D eigenvalue weighted by Crippen LogP contribution is -2.32. The fourth-order valence-electron chi connectivity index (χ4n) is 2.30. The molecule has 0 unspecified atom stereocenters. The molecule has 0 aliphatic heterocycles. The SMILES string of the molecule is COc1ccccc1NC(=O)NCCOc1ccc(C(C)(C)C)cc1. The summed E-state index contributed by atoms with van der Waals surface area (Å²) >= 11 is 0. The number of hydrogen-bond donors (Lipinski definition) is 2. The number of ether oxygens (including phenoxy) is 2. The van der Waals surface area contributed by atoms with Crippen LogP contribution in [0.25, 0.3) is 0 Å². The fraction of sp³-hybridized carbons (Fsp3) is 0.350. The van der Waals surface area contributed by atoms with Gasteiger partial charge in [0.1, 0.15) is 18.1 Å². The maximum Gasteiger partial charge on any atom is 0.319 e. The summed E-state index contributed by atoms with van der Waals surface area (Å²) in [7, 11) is 1.57. The zero-order valence-electron chi connectivity index (χ0n) is 15.3. The number of para-hydroxylation sites is 2. The summed E-state index contributed by atoms with van der Waals surface area (Å²) in [5, 5.41) is 5.51. The molecule has 0 radical (unpaired) electrons. The Morgan fingerprint density at radius 2 is 1.72 bits per heavy atom. The number of anilines is 1. The van der Waals surface area contributed by atoms with Gasteiger partial charge in [0.2, 0.25) is 0 Å². The van der Waals surface area contributed by atoms with Gasteiger partial charge in [-0.1, -0.05) is 45.0 Å². The molecule has 2 aromatic rings. The van der Waals surface area contributed by atoms with Crippen LogP contribution in [0.4, 0.5) is 10.5 Å². The van der Waals surface area contributed by atoms with Crippen molar-refractivity contribution >= 4 is 11.7 Å². The standard InChI is InChI=1S/C20H26N2O3/c1-20(2,3)15-9-11-16(12-10-15)25-14-13-21-19(23)22-17-7-5-6-8-18(17)24-4/h5-12H,13-14H2,1-4H3,(H2,21,22,23). The van der Waals surface area contributed by atoms with Gasteiger partial charge in [-0.3, -0.25) is 0 Å². The maximum atomic E-state index is 11.9. The average Bonchev–Trinajstić information content (AvgIpc) is 2.59. The van der Waals surface area contributed by atoms with Crippen LogP contribution in [-0.4, -0.2) is 26.3 Å². The minimum Gasteiger partial charge on any atom is -0.495 e. The molecule has 0 atom stereocenters. The Bertz CT molecular complexity index is 691. The largest absolute Gasteiger partial charge is 0.495 e.